The van der Waals surface area contributed by atoms with E-state index >= 15 is 0 Å². The molecule has 3 rings (SSSR count). The summed E-state index contributed by atoms with van der Waals surface area (Å²) in [7, 11) is 1.66. The van der Waals surface area contributed by atoms with Gasteiger partial charge >= 0.3 is 0 Å². The van der Waals surface area contributed by atoms with Crippen LogP contribution in [0.2, 0.25) is 0 Å². The lowest BCUT2D eigenvalue weighted by Gasteiger charge is -2.19. The van der Waals surface area contributed by atoms with Gasteiger partial charge in [0.25, 0.3) is 0 Å². The van der Waals surface area contributed by atoms with Crippen LogP contribution in [0.25, 0.3) is 0 Å². The van der Waals surface area contributed by atoms with Gasteiger partial charge in [-0.15, -0.1) is 0 Å². The Morgan fingerprint density at radius 2 is 2.04 bits per heavy atom. The van der Waals surface area contributed by atoms with Gasteiger partial charge in [-0.25, -0.2) is 0 Å². The third-order valence-corrected chi connectivity index (χ3v) is 5.00. The van der Waals surface area contributed by atoms with Crippen molar-refractivity contribution in [2.75, 3.05) is 13.7 Å². The quantitative estimate of drug-likeness (QED) is 0.523. The van der Waals surface area contributed by atoms with Gasteiger partial charge in [0.15, 0.2) is 5.78 Å². The summed E-state index contributed by atoms with van der Waals surface area (Å²) in [6, 6.07) is 7.88. The third-order valence-electron chi connectivity index (χ3n) is 5.00. The van der Waals surface area contributed by atoms with Crippen LogP contribution in [0, 0.1) is 0 Å². The standard InChI is InChI=1S/C21H28O4/c1-23-18-11-9-16(10-12-18)15-24-13-5-8-20-19(22)14-21(25-20)17-6-3-2-4-7-17/h6,9-12,20-21H,2-5,7-8,13-15H2,1H3/t20-,21-/m1/s1. The molecule has 25 heavy (non-hydrogen) atoms. The number of benzene rings is 1. The van der Waals surface area contributed by atoms with Gasteiger partial charge in [0, 0.05) is 13.0 Å². The number of carbonyl (C=O) groups is 1. The zero-order valence-corrected chi connectivity index (χ0v) is 15.0. The van der Waals surface area contributed by atoms with Crippen LogP contribution in [0.4, 0.5) is 0 Å². The van der Waals surface area contributed by atoms with Gasteiger partial charge in [-0.1, -0.05) is 18.2 Å². The highest BCUT2D eigenvalue weighted by Crippen LogP contribution is 2.30. The molecule has 1 aliphatic heterocycles. The lowest BCUT2D eigenvalue weighted by Crippen LogP contribution is -2.17. The lowest BCUT2D eigenvalue weighted by atomic mass is 9.94. The first-order chi connectivity index (χ1) is 12.3. The Balaban J connectivity index is 1.34. The van der Waals surface area contributed by atoms with E-state index in [9.17, 15) is 4.79 Å². The fourth-order valence-corrected chi connectivity index (χ4v) is 3.52. The van der Waals surface area contributed by atoms with Crippen LogP contribution in [-0.4, -0.2) is 31.7 Å². The smallest absolute Gasteiger partial charge is 0.164 e. The molecule has 0 bridgehead atoms. The summed E-state index contributed by atoms with van der Waals surface area (Å²) in [4.78, 5) is 12.2. The Bertz CT molecular complexity index is 590. The summed E-state index contributed by atoms with van der Waals surface area (Å²) in [5, 5.41) is 0. The predicted molar refractivity (Wildman–Crippen MR) is 96.7 cm³/mol. The molecule has 1 heterocycles. The maximum absolute atomic E-state index is 12.2. The Morgan fingerprint density at radius 3 is 2.76 bits per heavy atom. The molecule has 1 fully saturated rings. The van der Waals surface area contributed by atoms with Gasteiger partial charge in [-0.2, -0.15) is 0 Å². The average Bonchev–Trinajstić information content (AvgIpc) is 3.03. The zero-order valence-electron chi connectivity index (χ0n) is 15.0. The third kappa shape index (κ3) is 5.16. The van der Waals surface area contributed by atoms with Crippen molar-refractivity contribution in [3.05, 3.63) is 41.5 Å². The topological polar surface area (TPSA) is 44.8 Å². The Hall–Kier alpha value is -1.65. The molecule has 0 unspecified atom stereocenters. The van der Waals surface area contributed by atoms with Gasteiger partial charge in [-0.3, -0.25) is 4.79 Å². The Morgan fingerprint density at radius 1 is 1.20 bits per heavy atom. The van der Waals surface area contributed by atoms with E-state index in [1.165, 1.54) is 18.4 Å². The molecule has 1 saturated heterocycles. The highest BCUT2D eigenvalue weighted by atomic mass is 16.5. The fourth-order valence-electron chi connectivity index (χ4n) is 3.52. The molecule has 0 spiro atoms. The SMILES string of the molecule is COc1ccc(COCCC[C@H]2O[C@@H](C3=CCCCC3)CC2=O)cc1. The minimum absolute atomic E-state index is 0.0398. The molecule has 2 aliphatic rings. The first-order valence-corrected chi connectivity index (χ1v) is 9.34. The van der Waals surface area contributed by atoms with E-state index in [1.807, 2.05) is 24.3 Å². The summed E-state index contributed by atoms with van der Waals surface area (Å²) >= 11 is 0. The molecule has 1 aromatic rings. The van der Waals surface area contributed by atoms with Crippen molar-refractivity contribution in [1.82, 2.24) is 0 Å². The lowest BCUT2D eigenvalue weighted by molar-refractivity contribution is -0.122. The van der Waals surface area contributed by atoms with Crippen LogP contribution in [0.1, 0.15) is 50.5 Å². The van der Waals surface area contributed by atoms with Gasteiger partial charge in [0.05, 0.1) is 19.8 Å². The number of hydrogen-bond acceptors (Lipinski definition) is 4. The van der Waals surface area contributed by atoms with E-state index in [-0.39, 0.29) is 18.0 Å². The van der Waals surface area contributed by atoms with Crippen molar-refractivity contribution in [3.63, 3.8) is 0 Å². The maximum atomic E-state index is 12.2. The second kappa shape index (κ2) is 9.16. The second-order valence-electron chi connectivity index (χ2n) is 6.85. The molecule has 136 valence electrons. The van der Waals surface area contributed by atoms with E-state index in [4.69, 9.17) is 14.2 Å². The summed E-state index contributed by atoms with van der Waals surface area (Å²) in [5.41, 5.74) is 2.47. The van der Waals surface area contributed by atoms with Gasteiger partial charge in [0.1, 0.15) is 11.9 Å². The molecular formula is C21H28O4. The number of carbonyl (C=O) groups excluding carboxylic acids is 1. The van der Waals surface area contributed by atoms with E-state index in [0.29, 0.717) is 19.6 Å². The van der Waals surface area contributed by atoms with Crippen LogP contribution >= 0.6 is 0 Å². The van der Waals surface area contributed by atoms with Crippen LogP contribution in [0.5, 0.6) is 5.75 Å². The van der Waals surface area contributed by atoms with Gasteiger partial charge in [-0.05, 0) is 61.8 Å². The molecule has 4 nitrogen and oxygen atoms in total. The van der Waals surface area contributed by atoms with Crippen LogP contribution in [-0.2, 0) is 20.9 Å². The van der Waals surface area contributed by atoms with Crippen molar-refractivity contribution < 1.29 is 19.0 Å². The van der Waals surface area contributed by atoms with E-state index in [1.54, 1.807) is 7.11 Å². The summed E-state index contributed by atoms with van der Waals surface area (Å²) < 4.78 is 16.9. The largest absolute Gasteiger partial charge is 0.497 e. The highest BCUT2D eigenvalue weighted by molar-refractivity contribution is 5.85. The number of ether oxygens (including phenoxy) is 3. The molecule has 4 heteroatoms. The second-order valence-corrected chi connectivity index (χ2v) is 6.85. The summed E-state index contributed by atoms with van der Waals surface area (Å²) in [5.74, 6) is 1.11. The number of allylic oxidation sites excluding steroid dienone is 1. The summed E-state index contributed by atoms with van der Waals surface area (Å²) in [6.07, 6.45) is 8.95. The van der Waals surface area contributed by atoms with Gasteiger partial charge < -0.3 is 14.2 Å². The number of Topliss-reactive ketones (excluding diaryl/α,β-unsaturated/α-hetero) is 1. The minimum Gasteiger partial charge on any atom is -0.497 e. The Labute approximate surface area is 150 Å². The molecule has 0 N–H and O–H groups in total. The number of ketones is 1. The molecule has 0 aromatic heterocycles. The minimum atomic E-state index is -0.239. The first-order valence-electron chi connectivity index (χ1n) is 9.34. The van der Waals surface area contributed by atoms with Gasteiger partial charge in [0.2, 0.25) is 0 Å². The van der Waals surface area contributed by atoms with E-state index < -0.39 is 0 Å². The molecule has 2 atom stereocenters. The van der Waals surface area contributed by atoms with E-state index in [0.717, 1.165) is 37.0 Å². The van der Waals surface area contributed by atoms with Crippen molar-refractivity contribution in [2.45, 2.75) is 63.8 Å². The fraction of sp³-hybridized carbons (Fsp3) is 0.571. The predicted octanol–water partition coefficient (Wildman–Crippen LogP) is 4.22. The summed E-state index contributed by atoms with van der Waals surface area (Å²) in [6.45, 7) is 1.23. The average molecular weight is 344 g/mol. The number of methoxy groups -OCH3 is 1. The number of hydrogen-bond donors (Lipinski definition) is 0. The van der Waals surface area contributed by atoms with Crippen LogP contribution in [0.15, 0.2) is 35.9 Å². The molecule has 0 radical (unpaired) electrons. The molecule has 0 saturated carbocycles. The normalized spacial score (nSPS) is 23.6. The first kappa shape index (κ1) is 18.2. The van der Waals surface area contributed by atoms with Crippen molar-refractivity contribution in [2.24, 2.45) is 0 Å². The zero-order chi connectivity index (χ0) is 17.5. The van der Waals surface area contributed by atoms with Crippen molar-refractivity contribution in [1.29, 1.82) is 0 Å². The van der Waals surface area contributed by atoms with Crippen molar-refractivity contribution in [3.8, 4) is 5.75 Å². The highest BCUT2D eigenvalue weighted by Gasteiger charge is 2.34. The number of rotatable bonds is 8. The molecule has 0 amide bonds. The van der Waals surface area contributed by atoms with Crippen LogP contribution in [0.3, 0.4) is 0 Å². The molecule has 1 aromatic carbocycles. The molecular weight excluding hydrogens is 316 g/mol. The van der Waals surface area contributed by atoms with E-state index in [2.05, 4.69) is 6.08 Å². The molecule has 1 aliphatic carbocycles. The Kier molecular flexibility index (Phi) is 6.65. The maximum Gasteiger partial charge on any atom is 0.164 e. The monoisotopic (exact) mass is 344 g/mol. The van der Waals surface area contributed by atoms with Crippen LogP contribution < -0.4 is 4.74 Å². The van der Waals surface area contributed by atoms with Crippen molar-refractivity contribution >= 4 is 5.78 Å².